The van der Waals surface area contributed by atoms with Gasteiger partial charge in [0, 0.05) is 5.92 Å². The van der Waals surface area contributed by atoms with Crippen molar-refractivity contribution < 1.29 is 4.74 Å². The lowest BCUT2D eigenvalue weighted by atomic mass is 9.75. The van der Waals surface area contributed by atoms with Crippen molar-refractivity contribution in [2.24, 2.45) is 11.8 Å². The maximum absolute atomic E-state index is 6.11. The maximum Gasteiger partial charge on any atom is 0.130 e. The minimum absolute atomic E-state index is 0.445. The van der Waals surface area contributed by atoms with Gasteiger partial charge in [-0.1, -0.05) is 61.5 Å². The third-order valence-corrected chi connectivity index (χ3v) is 4.63. The minimum Gasteiger partial charge on any atom is -0.461 e. The maximum atomic E-state index is 6.11. The normalized spacial score (nSPS) is 23.3. The van der Waals surface area contributed by atoms with E-state index in [0.29, 0.717) is 11.8 Å². The van der Waals surface area contributed by atoms with Crippen molar-refractivity contribution in [1.82, 2.24) is 0 Å². The largest absolute Gasteiger partial charge is 0.461 e. The van der Waals surface area contributed by atoms with Gasteiger partial charge in [0.05, 0.1) is 0 Å². The van der Waals surface area contributed by atoms with E-state index in [-0.39, 0.29) is 0 Å². The van der Waals surface area contributed by atoms with E-state index >= 15 is 0 Å². The van der Waals surface area contributed by atoms with Gasteiger partial charge in [-0.25, -0.2) is 0 Å². The first-order valence-corrected chi connectivity index (χ1v) is 7.56. The Hall–Kier alpha value is -2.28. The number of para-hydroxylation sites is 1. The molecular weight excluding hydrogens is 256 g/mol. The summed E-state index contributed by atoms with van der Waals surface area (Å²) < 4.78 is 6.11. The highest BCUT2D eigenvalue weighted by Gasteiger charge is 2.33. The Bertz CT molecular complexity index is 725. The predicted molar refractivity (Wildman–Crippen MR) is 85.9 cm³/mol. The van der Waals surface area contributed by atoms with Crippen LogP contribution in [0.1, 0.15) is 18.1 Å². The standard InChI is InChI=1S/C20H18O/c1-14-17(15-7-3-2-4-8-15)11-12-20-18(14)13-16-9-5-6-10-19(16)21-20/h2-12,14,18H,13H2,1H3. The van der Waals surface area contributed by atoms with E-state index in [1.165, 1.54) is 16.7 Å². The highest BCUT2D eigenvalue weighted by atomic mass is 16.5. The van der Waals surface area contributed by atoms with E-state index in [0.717, 1.165) is 17.9 Å². The topological polar surface area (TPSA) is 9.23 Å². The van der Waals surface area contributed by atoms with Crippen LogP contribution in [0.3, 0.4) is 0 Å². The van der Waals surface area contributed by atoms with Gasteiger partial charge in [0.15, 0.2) is 0 Å². The molecule has 1 nitrogen and oxygen atoms in total. The van der Waals surface area contributed by atoms with Gasteiger partial charge in [0.2, 0.25) is 0 Å². The Morgan fingerprint density at radius 1 is 0.905 bits per heavy atom. The molecule has 4 rings (SSSR count). The van der Waals surface area contributed by atoms with E-state index in [1.807, 2.05) is 6.07 Å². The summed E-state index contributed by atoms with van der Waals surface area (Å²) in [6.07, 6.45) is 5.44. The number of fused-ring (bicyclic) bond motifs is 2. The van der Waals surface area contributed by atoms with Crippen LogP contribution in [-0.2, 0) is 6.42 Å². The van der Waals surface area contributed by atoms with Gasteiger partial charge in [-0.3, -0.25) is 0 Å². The van der Waals surface area contributed by atoms with Crippen LogP contribution in [0.2, 0.25) is 0 Å². The van der Waals surface area contributed by atoms with Gasteiger partial charge < -0.3 is 4.74 Å². The van der Waals surface area contributed by atoms with Crippen LogP contribution in [0.4, 0.5) is 0 Å². The van der Waals surface area contributed by atoms with Gasteiger partial charge in [-0.15, -0.1) is 0 Å². The number of rotatable bonds is 1. The zero-order valence-electron chi connectivity index (χ0n) is 12.1. The Morgan fingerprint density at radius 3 is 2.52 bits per heavy atom. The van der Waals surface area contributed by atoms with Crippen molar-refractivity contribution in [1.29, 1.82) is 0 Å². The first-order valence-electron chi connectivity index (χ1n) is 7.56. The Balaban J connectivity index is 1.73. The van der Waals surface area contributed by atoms with E-state index in [1.54, 1.807) is 0 Å². The fourth-order valence-corrected chi connectivity index (χ4v) is 3.42. The summed E-state index contributed by atoms with van der Waals surface area (Å²) >= 11 is 0. The number of allylic oxidation sites excluding steroid dienone is 4. The van der Waals surface area contributed by atoms with Crippen molar-refractivity contribution >= 4 is 5.57 Å². The molecule has 0 N–H and O–H groups in total. The molecule has 2 aliphatic rings. The Morgan fingerprint density at radius 2 is 1.67 bits per heavy atom. The highest BCUT2D eigenvalue weighted by Crippen LogP contribution is 2.43. The first kappa shape index (κ1) is 12.5. The molecule has 1 heterocycles. The van der Waals surface area contributed by atoms with Crippen molar-refractivity contribution in [3.63, 3.8) is 0 Å². The van der Waals surface area contributed by atoms with Crippen molar-refractivity contribution in [2.75, 3.05) is 0 Å². The summed E-state index contributed by atoms with van der Waals surface area (Å²) in [4.78, 5) is 0. The van der Waals surface area contributed by atoms with Crippen molar-refractivity contribution in [3.8, 4) is 5.75 Å². The molecule has 0 saturated heterocycles. The molecule has 2 atom stereocenters. The van der Waals surface area contributed by atoms with E-state index in [2.05, 4.69) is 67.6 Å². The Labute approximate surface area is 125 Å². The lowest BCUT2D eigenvalue weighted by molar-refractivity contribution is 0.281. The molecule has 104 valence electrons. The molecule has 1 aliphatic heterocycles. The summed E-state index contributed by atoms with van der Waals surface area (Å²) in [5.74, 6) is 3.05. The lowest BCUT2D eigenvalue weighted by Gasteiger charge is -2.35. The summed E-state index contributed by atoms with van der Waals surface area (Å²) in [5, 5.41) is 0. The predicted octanol–water partition coefficient (Wildman–Crippen LogP) is 4.85. The molecule has 1 heteroatoms. The molecule has 1 aliphatic carbocycles. The van der Waals surface area contributed by atoms with Gasteiger partial charge in [-0.05, 0) is 41.2 Å². The molecule has 21 heavy (non-hydrogen) atoms. The number of hydrogen-bond acceptors (Lipinski definition) is 1. The lowest BCUT2D eigenvalue weighted by Crippen LogP contribution is -2.27. The molecule has 0 radical (unpaired) electrons. The monoisotopic (exact) mass is 274 g/mol. The molecular formula is C20H18O. The third-order valence-electron chi connectivity index (χ3n) is 4.63. The molecule has 2 aromatic carbocycles. The molecule has 0 fully saturated rings. The Kier molecular flexibility index (Phi) is 2.92. The zero-order chi connectivity index (χ0) is 14.2. The van der Waals surface area contributed by atoms with Crippen molar-refractivity contribution in [2.45, 2.75) is 13.3 Å². The van der Waals surface area contributed by atoms with Gasteiger partial charge in [0.25, 0.3) is 0 Å². The summed E-state index contributed by atoms with van der Waals surface area (Å²) in [5.41, 5.74) is 4.05. The average Bonchev–Trinajstić information content (AvgIpc) is 2.55. The molecule has 0 aromatic heterocycles. The van der Waals surface area contributed by atoms with Crippen LogP contribution in [0.15, 0.2) is 72.5 Å². The van der Waals surface area contributed by atoms with Crippen LogP contribution in [0.25, 0.3) is 5.57 Å². The average molecular weight is 274 g/mol. The summed E-state index contributed by atoms with van der Waals surface area (Å²) in [6.45, 7) is 2.31. The van der Waals surface area contributed by atoms with E-state index in [4.69, 9.17) is 4.74 Å². The van der Waals surface area contributed by atoms with E-state index in [9.17, 15) is 0 Å². The van der Waals surface area contributed by atoms with Crippen LogP contribution in [-0.4, -0.2) is 0 Å². The SMILES string of the molecule is CC1C(c2ccccc2)=CC=C2Oc3ccccc3CC21. The first-order chi connectivity index (χ1) is 10.3. The quantitative estimate of drug-likeness (QED) is 0.722. The second-order valence-corrected chi connectivity index (χ2v) is 5.87. The zero-order valence-corrected chi connectivity index (χ0v) is 12.1. The van der Waals surface area contributed by atoms with Gasteiger partial charge in [0.1, 0.15) is 11.5 Å². The van der Waals surface area contributed by atoms with Crippen LogP contribution < -0.4 is 4.74 Å². The molecule has 0 bridgehead atoms. The molecule has 2 unspecified atom stereocenters. The third kappa shape index (κ3) is 2.09. The van der Waals surface area contributed by atoms with Crippen molar-refractivity contribution in [3.05, 3.63) is 83.6 Å². The molecule has 2 aromatic rings. The fourth-order valence-electron chi connectivity index (χ4n) is 3.42. The molecule has 0 spiro atoms. The van der Waals surface area contributed by atoms with Gasteiger partial charge >= 0.3 is 0 Å². The minimum atomic E-state index is 0.445. The number of benzene rings is 2. The molecule has 0 saturated carbocycles. The smallest absolute Gasteiger partial charge is 0.130 e. The second-order valence-electron chi connectivity index (χ2n) is 5.87. The van der Waals surface area contributed by atoms with Crippen LogP contribution >= 0.6 is 0 Å². The van der Waals surface area contributed by atoms with Crippen LogP contribution in [0.5, 0.6) is 5.75 Å². The summed E-state index contributed by atoms with van der Waals surface area (Å²) in [7, 11) is 0. The fraction of sp³-hybridized carbons (Fsp3) is 0.200. The second kappa shape index (κ2) is 4.92. The molecule has 0 amide bonds. The number of hydrogen-bond donors (Lipinski definition) is 0. The number of ether oxygens (including phenoxy) is 1. The summed E-state index contributed by atoms with van der Waals surface area (Å²) in [6, 6.07) is 19.0. The van der Waals surface area contributed by atoms with Crippen LogP contribution in [0, 0.1) is 11.8 Å². The van der Waals surface area contributed by atoms with Gasteiger partial charge in [-0.2, -0.15) is 0 Å². The highest BCUT2D eigenvalue weighted by molar-refractivity contribution is 5.71. The van der Waals surface area contributed by atoms with E-state index < -0.39 is 0 Å².